The minimum absolute atomic E-state index is 0.385. The minimum Gasteiger partial charge on any atom is -0.465 e. The highest BCUT2D eigenvalue weighted by Crippen LogP contribution is 2.24. The normalized spacial score (nSPS) is 19.9. The van der Waals surface area contributed by atoms with Crippen molar-refractivity contribution in [3.8, 4) is 0 Å². The molecule has 20 heavy (non-hydrogen) atoms. The van der Waals surface area contributed by atoms with E-state index in [0.717, 1.165) is 31.9 Å². The van der Waals surface area contributed by atoms with Gasteiger partial charge in [0.1, 0.15) is 0 Å². The first-order valence-corrected chi connectivity index (χ1v) is 7.03. The summed E-state index contributed by atoms with van der Waals surface area (Å²) in [4.78, 5) is 16.5. The number of methoxy groups -OCH3 is 1. The van der Waals surface area contributed by atoms with Gasteiger partial charge in [-0.05, 0) is 31.7 Å². The fraction of sp³-hybridized carbons (Fsp3) is 0.533. The number of nitrogen functional groups attached to an aromatic ring is 1. The lowest BCUT2D eigenvalue weighted by molar-refractivity contribution is 0.0602. The highest BCUT2D eigenvalue weighted by molar-refractivity contribution is 5.96. The lowest BCUT2D eigenvalue weighted by atomic mass is 10.1. The van der Waals surface area contributed by atoms with E-state index < -0.39 is 0 Å². The summed E-state index contributed by atoms with van der Waals surface area (Å²) in [6.07, 6.45) is 0. The molecule has 5 heteroatoms. The van der Waals surface area contributed by atoms with Crippen molar-refractivity contribution in [2.45, 2.75) is 19.9 Å². The Balaban J connectivity index is 2.19. The van der Waals surface area contributed by atoms with E-state index in [1.165, 1.54) is 7.11 Å². The summed E-state index contributed by atoms with van der Waals surface area (Å²) in [5, 5.41) is 0. The van der Waals surface area contributed by atoms with E-state index in [-0.39, 0.29) is 5.97 Å². The zero-order valence-corrected chi connectivity index (χ0v) is 12.4. The summed E-state index contributed by atoms with van der Waals surface area (Å²) >= 11 is 0. The summed E-state index contributed by atoms with van der Waals surface area (Å²) in [7, 11) is 1.37. The van der Waals surface area contributed by atoms with Gasteiger partial charge in [-0.1, -0.05) is 6.92 Å². The molecule has 1 saturated heterocycles. The number of ether oxygens (including phenoxy) is 1. The standard InChI is InChI=1S/C15H23N3O2/c1-4-17-7-8-18(10-11(17)2)12-5-6-14(16)13(9-12)15(19)20-3/h5-6,9,11H,4,7-8,10,16H2,1-3H3. The first-order chi connectivity index (χ1) is 9.56. The zero-order chi connectivity index (χ0) is 14.7. The third-order valence-electron chi connectivity index (χ3n) is 3.98. The molecule has 0 aliphatic carbocycles. The van der Waals surface area contributed by atoms with Crippen molar-refractivity contribution in [3.05, 3.63) is 23.8 Å². The molecule has 0 spiro atoms. The Bertz CT molecular complexity index is 490. The van der Waals surface area contributed by atoms with E-state index in [1.807, 2.05) is 12.1 Å². The molecule has 0 aromatic heterocycles. The van der Waals surface area contributed by atoms with Crippen LogP contribution in [0.1, 0.15) is 24.2 Å². The van der Waals surface area contributed by atoms with Gasteiger partial charge in [0.05, 0.1) is 12.7 Å². The van der Waals surface area contributed by atoms with Gasteiger partial charge in [-0.2, -0.15) is 0 Å². The predicted molar refractivity (Wildman–Crippen MR) is 81.1 cm³/mol. The highest BCUT2D eigenvalue weighted by Gasteiger charge is 2.23. The number of esters is 1. The van der Waals surface area contributed by atoms with E-state index in [4.69, 9.17) is 10.5 Å². The third-order valence-corrected chi connectivity index (χ3v) is 3.98. The van der Waals surface area contributed by atoms with E-state index in [0.29, 0.717) is 17.3 Å². The monoisotopic (exact) mass is 277 g/mol. The Morgan fingerprint density at radius 2 is 2.20 bits per heavy atom. The van der Waals surface area contributed by atoms with Crippen molar-refractivity contribution < 1.29 is 9.53 Å². The van der Waals surface area contributed by atoms with Gasteiger partial charge in [-0.25, -0.2) is 4.79 Å². The zero-order valence-electron chi connectivity index (χ0n) is 12.4. The van der Waals surface area contributed by atoms with Crippen LogP contribution in [0, 0.1) is 0 Å². The van der Waals surface area contributed by atoms with Crippen LogP contribution < -0.4 is 10.6 Å². The second-order valence-corrected chi connectivity index (χ2v) is 5.19. The van der Waals surface area contributed by atoms with E-state index in [2.05, 4.69) is 23.6 Å². The molecular formula is C15H23N3O2. The molecule has 1 atom stereocenters. The number of benzene rings is 1. The SMILES string of the molecule is CCN1CCN(c2ccc(N)c(C(=O)OC)c2)CC1C. The van der Waals surface area contributed by atoms with Gasteiger partial charge in [0.25, 0.3) is 0 Å². The van der Waals surface area contributed by atoms with Crippen molar-refractivity contribution in [3.63, 3.8) is 0 Å². The predicted octanol–water partition coefficient (Wildman–Crippen LogP) is 1.59. The molecule has 0 bridgehead atoms. The van der Waals surface area contributed by atoms with Crippen LogP contribution in [0.3, 0.4) is 0 Å². The first kappa shape index (κ1) is 14.7. The molecule has 0 amide bonds. The minimum atomic E-state index is -0.385. The Morgan fingerprint density at radius 3 is 2.80 bits per heavy atom. The lowest BCUT2D eigenvalue weighted by Crippen LogP contribution is -2.51. The average Bonchev–Trinajstić information content (AvgIpc) is 2.47. The smallest absolute Gasteiger partial charge is 0.340 e. The summed E-state index contributed by atoms with van der Waals surface area (Å²) in [5.74, 6) is -0.385. The van der Waals surface area contributed by atoms with Crippen LogP contribution in [0.2, 0.25) is 0 Å². The molecule has 5 nitrogen and oxygen atoms in total. The van der Waals surface area contributed by atoms with Crippen molar-refractivity contribution >= 4 is 17.3 Å². The summed E-state index contributed by atoms with van der Waals surface area (Å²) < 4.78 is 4.77. The molecule has 0 saturated carbocycles. The molecule has 1 aromatic carbocycles. The number of rotatable bonds is 3. The number of hydrogen-bond acceptors (Lipinski definition) is 5. The number of nitrogens with two attached hydrogens (primary N) is 1. The molecule has 1 fully saturated rings. The van der Waals surface area contributed by atoms with Crippen LogP contribution in [-0.4, -0.2) is 50.2 Å². The van der Waals surface area contributed by atoms with Gasteiger partial charge in [0.2, 0.25) is 0 Å². The first-order valence-electron chi connectivity index (χ1n) is 7.03. The number of likely N-dealkylation sites (N-methyl/N-ethyl adjacent to an activating group) is 1. The summed E-state index contributed by atoms with van der Waals surface area (Å²) in [6.45, 7) is 8.44. The molecule has 110 valence electrons. The number of carbonyl (C=O) groups excluding carboxylic acids is 1. The molecule has 1 aliphatic heterocycles. The topological polar surface area (TPSA) is 58.8 Å². The second kappa shape index (κ2) is 6.13. The molecule has 0 radical (unpaired) electrons. The molecular weight excluding hydrogens is 254 g/mol. The fourth-order valence-electron chi connectivity index (χ4n) is 2.73. The maximum Gasteiger partial charge on any atom is 0.340 e. The van der Waals surface area contributed by atoms with E-state index in [9.17, 15) is 4.79 Å². The van der Waals surface area contributed by atoms with Gasteiger partial charge in [-0.15, -0.1) is 0 Å². The number of carbonyl (C=O) groups is 1. The van der Waals surface area contributed by atoms with Crippen molar-refractivity contribution in [1.82, 2.24) is 4.90 Å². The van der Waals surface area contributed by atoms with Crippen LogP contribution in [0.4, 0.5) is 11.4 Å². The Morgan fingerprint density at radius 1 is 1.45 bits per heavy atom. The summed E-state index contributed by atoms with van der Waals surface area (Å²) in [5.41, 5.74) is 7.77. The van der Waals surface area contributed by atoms with Crippen LogP contribution >= 0.6 is 0 Å². The van der Waals surface area contributed by atoms with Gasteiger partial charge < -0.3 is 15.4 Å². The van der Waals surface area contributed by atoms with E-state index >= 15 is 0 Å². The Kier molecular flexibility index (Phi) is 4.49. The maximum atomic E-state index is 11.7. The second-order valence-electron chi connectivity index (χ2n) is 5.19. The van der Waals surface area contributed by atoms with Crippen molar-refractivity contribution in [2.75, 3.05) is 43.9 Å². The number of anilines is 2. The summed E-state index contributed by atoms with van der Waals surface area (Å²) in [6, 6.07) is 6.08. The van der Waals surface area contributed by atoms with Crippen LogP contribution in [0.15, 0.2) is 18.2 Å². The average molecular weight is 277 g/mol. The largest absolute Gasteiger partial charge is 0.465 e. The van der Waals surface area contributed by atoms with E-state index in [1.54, 1.807) is 6.07 Å². The molecule has 1 aliphatic rings. The molecule has 2 N–H and O–H groups in total. The van der Waals surface area contributed by atoms with Crippen molar-refractivity contribution in [1.29, 1.82) is 0 Å². The molecule has 2 rings (SSSR count). The number of hydrogen-bond donors (Lipinski definition) is 1. The van der Waals surface area contributed by atoms with Crippen LogP contribution in [0.5, 0.6) is 0 Å². The lowest BCUT2D eigenvalue weighted by Gasteiger charge is -2.40. The van der Waals surface area contributed by atoms with Gasteiger partial charge in [-0.3, -0.25) is 4.90 Å². The number of nitrogens with zero attached hydrogens (tertiary/aromatic N) is 2. The van der Waals surface area contributed by atoms with Gasteiger partial charge in [0, 0.05) is 37.1 Å². The van der Waals surface area contributed by atoms with Crippen LogP contribution in [-0.2, 0) is 4.74 Å². The third kappa shape index (κ3) is 2.88. The van der Waals surface area contributed by atoms with Crippen LogP contribution in [0.25, 0.3) is 0 Å². The fourth-order valence-corrected chi connectivity index (χ4v) is 2.73. The Labute approximate surface area is 120 Å². The van der Waals surface area contributed by atoms with Gasteiger partial charge >= 0.3 is 5.97 Å². The quantitative estimate of drug-likeness (QED) is 0.671. The highest BCUT2D eigenvalue weighted by atomic mass is 16.5. The Hall–Kier alpha value is -1.75. The van der Waals surface area contributed by atoms with Crippen molar-refractivity contribution in [2.24, 2.45) is 0 Å². The number of piperazine rings is 1. The van der Waals surface area contributed by atoms with Gasteiger partial charge in [0.15, 0.2) is 0 Å². The maximum absolute atomic E-state index is 11.7. The molecule has 1 aromatic rings. The molecule has 1 heterocycles. The molecule has 1 unspecified atom stereocenters.